The van der Waals surface area contributed by atoms with Crippen molar-refractivity contribution in [2.24, 2.45) is 7.05 Å². The van der Waals surface area contributed by atoms with Crippen LogP contribution in [0.3, 0.4) is 0 Å². The maximum atomic E-state index is 16.5. The SMILES string of the molecule is Cn1ccnc1-c1cccc(C(F)c2ccc3c4ccc5c(c6ccccc6n5-c5ccccc5)c4n(-c4ccccn4)c3c2)c1. The Morgan fingerprint density at radius 1 is 0.587 bits per heavy atom. The summed E-state index contributed by atoms with van der Waals surface area (Å²) in [6.07, 6.45) is 4.15. The maximum absolute atomic E-state index is 16.5. The Morgan fingerprint density at radius 2 is 1.39 bits per heavy atom. The summed E-state index contributed by atoms with van der Waals surface area (Å²) >= 11 is 0. The number of pyridine rings is 1. The van der Waals surface area contributed by atoms with Crippen molar-refractivity contribution < 1.29 is 4.39 Å². The van der Waals surface area contributed by atoms with Gasteiger partial charge in [-0.1, -0.05) is 78.9 Å². The first-order valence-corrected chi connectivity index (χ1v) is 15.4. The van der Waals surface area contributed by atoms with E-state index < -0.39 is 6.17 Å². The maximum Gasteiger partial charge on any atom is 0.150 e. The Labute approximate surface area is 264 Å². The molecule has 0 aliphatic carbocycles. The second-order valence-electron chi connectivity index (χ2n) is 11.7. The Bertz CT molecular complexity index is 2560. The van der Waals surface area contributed by atoms with Crippen molar-refractivity contribution in [3.05, 3.63) is 157 Å². The lowest BCUT2D eigenvalue weighted by Crippen LogP contribution is -1.99. The fourth-order valence-corrected chi connectivity index (χ4v) is 6.98. The highest BCUT2D eigenvalue weighted by atomic mass is 19.1. The molecule has 4 heterocycles. The van der Waals surface area contributed by atoms with Crippen LogP contribution in [0, 0.1) is 0 Å². The number of para-hydroxylation sites is 2. The van der Waals surface area contributed by atoms with Crippen molar-refractivity contribution in [1.29, 1.82) is 0 Å². The number of nitrogens with zero attached hydrogens (tertiary/aromatic N) is 5. The minimum absolute atomic E-state index is 0.590. The molecule has 0 fully saturated rings. The molecule has 5 nitrogen and oxygen atoms in total. The van der Waals surface area contributed by atoms with E-state index in [-0.39, 0.29) is 0 Å². The van der Waals surface area contributed by atoms with Crippen molar-refractivity contribution in [3.8, 4) is 22.9 Å². The van der Waals surface area contributed by atoms with E-state index in [1.54, 1.807) is 6.20 Å². The molecule has 0 amide bonds. The summed E-state index contributed by atoms with van der Waals surface area (Å²) in [4.78, 5) is 9.27. The molecule has 0 aliphatic rings. The summed E-state index contributed by atoms with van der Waals surface area (Å²) in [6.45, 7) is 0. The van der Waals surface area contributed by atoms with Crippen LogP contribution in [0.15, 0.2) is 146 Å². The summed E-state index contributed by atoms with van der Waals surface area (Å²) in [6, 6.07) is 42.9. The summed E-state index contributed by atoms with van der Waals surface area (Å²) < 4.78 is 23.0. The van der Waals surface area contributed by atoms with Crippen molar-refractivity contribution in [2.75, 3.05) is 0 Å². The fourth-order valence-electron chi connectivity index (χ4n) is 6.98. The van der Waals surface area contributed by atoms with Gasteiger partial charge in [-0.15, -0.1) is 0 Å². The van der Waals surface area contributed by atoms with Crippen molar-refractivity contribution in [1.82, 2.24) is 23.7 Å². The predicted molar refractivity (Wildman–Crippen MR) is 185 cm³/mol. The second kappa shape index (κ2) is 10.3. The van der Waals surface area contributed by atoms with Gasteiger partial charge >= 0.3 is 0 Å². The normalized spacial score (nSPS) is 12.5. The van der Waals surface area contributed by atoms with E-state index in [9.17, 15) is 0 Å². The zero-order valence-corrected chi connectivity index (χ0v) is 25.0. The second-order valence-corrected chi connectivity index (χ2v) is 11.7. The van der Waals surface area contributed by atoms with Gasteiger partial charge in [0.25, 0.3) is 0 Å². The van der Waals surface area contributed by atoms with E-state index in [1.807, 2.05) is 84.7 Å². The highest BCUT2D eigenvalue weighted by Gasteiger charge is 2.23. The predicted octanol–water partition coefficient (Wildman–Crippen LogP) is 9.74. The summed E-state index contributed by atoms with van der Waals surface area (Å²) in [7, 11) is 1.94. The number of alkyl halides is 1. The highest BCUT2D eigenvalue weighted by Crippen LogP contribution is 2.42. The van der Waals surface area contributed by atoms with Crippen LogP contribution in [0.1, 0.15) is 17.3 Å². The average molecular weight is 598 g/mol. The summed E-state index contributed by atoms with van der Waals surface area (Å²) in [5.74, 6) is 1.59. The van der Waals surface area contributed by atoms with Gasteiger partial charge in [0.1, 0.15) is 11.6 Å². The van der Waals surface area contributed by atoms with Crippen molar-refractivity contribution in [2.45, 2.75) is 6.17 Å². The Balaban J connectivity index is 1.33. The Hall–Kier alpha value is -6.01. The number of imidazole rings is 1. The molecular weight excluding hydrogens is 569 g/mol. The van der Waals surface area contributed by atoms with Gasteiger partial charge in [0.05, 0.1) is 22.1 Å². The first-order chi connectivity index (χ1) is 22.7. The quantitative estimate of drug-likeness (QED) is 0.198. The smallest absolute Gasteiger partial charge is 0.150 e. The van der Waals surface area contributed by atoms with Gasteiger partial charge in [-0.3, -0.25) is 4.57 Å². The first kappa shape index (κ1) is 26.4. The molecular formula is C40H28FN5. The third kappa shape index (κ3) is 3.93. The lowest BCUT2D eigenvalue weighted by Gasteiger charge is -2.13. The number of hydrogen-bond acceptors (Lipinski definition) is 2. The molecule has 220 valence electrons. The molecule has 5 aromatic carbocycles. The van der Waals surface area contributed by atoms with Crippen molar-refractivity contribution in [3.63, 3.8) is 0 Å². The molecule has 1 unspecified atom stereocenters. The van der Waals surface area contributed by atoms with Crippen LogP contribution in [0.5, 0.6) is 0 Å². The molecule has 0 N–H and O–H groups in total. The van der Waals surface area contributed by atoms with Crippen LogP contribution in [0.25, 0.3) is 66.5 Å². The lowest BCUT2D eigenvalue weighted by molar-refractivity contribution is 0.402. The first-order valence-electron chi connectivity index (χ1n) is 15.4. The minimum Gasteiger partial charge on any atom is -0.334 e. The van der Waals surface area contributed by atoms with E-state index in [2.05, 4.69) is 80.8 Å². The molecule has 0 radical (unpaired) electrons. The number of fused-ring (bicyclic) bond motifs is 7. The molecule has 6 heteroatoms. The number of hydrogen-bond donors (Lipinski definition) is 0. The van der Waals surface area contributed by atoms with Gasteiger partial charge in [0.2, 0.25) is 0 Å². The van der Waals surface area contributed by atoms with Crippen LogP contribution < -0.4 is 0 Å². The molecule has 0 aliphatic heterocycles. The van der Waals surface area contributed by atoms with Gasteiger partial charge < -0.3 is 9.13 Å². The molecule has 0 saturated heterocycles. The van der Waals surface area contributed by atoms with E-state index in [4.69, 9.17) is 4.98 Å². The van der Waals surface area contributed by atoms with Gasteiger partial charge in [-0.25, -0.2) is 14.4 Å². The van der Waals surface area contributed by atoms with Crippen LogP contribution in [-0.4, -0.2) is 23.7 Å². The van der Waals surface area contributed by atoms with Crippen LogP contribution in [0.4, 0.5) is 4.39 Å². The molecule has 4 aromatic heterocycles. The molecule has 0 spiro atoms. The van der Waals surface area contributed by atoms with Gasteiger partial charge in [-0.2, -0.15) is 0 Å². The third-order valence-electron chi connectivity index (χ3n) is 9.03. The molecule has 0 bridgehead atoms. The fraction of sp³-hybridized carbons (Fsp3) is 0.0500. The molecule has 46 heavy (non-hydrogen) atoms. The van der Waals surface area contributed by atoms with Gasteiger partial charge in [0, 0.05) is 58.4 Å². The minimum atomic E-state index is -1.32. The largest absolute Gasteiger partial charge is 0.334 e. The lowest BCUT2D eigenvalue weighted by atomic mass is 9.99. The number of rotatable bonds is 5. The topological polar surface area (TPSA) is 40.6 Å². The Kier molecular flexibility index (Phi) is 5.90. The van der Waals surface area contributed by atoms with Gasteiger partial charge in [-0.05, 0) is 59.7 Å². The molecule has 1 atom stereocenters. The van der Waals surface area contributed by atoms with Gasteiger partial charge in [0.15, 0.2) is 6.17 Å². The standard InChI is InChI=1S/C40H28FN5/c1-44-23-22-43-40(44)28-11-9-10-26(24-28)38(41)27-17-18-30-31-19-20-34-37(39(31)46(35(30)25-27)36-16-7-8-21-42-36)32-14-5-6-15-33(32)45(34)29-12-3-2-4-13-29/h2-25,38H,1H3. The van der Waals surface area contributed by atoms with Crippen LogP contribution in [0.2, 0.25) is 0 Å². The summed E-state index contributed by atoms with van der Waals surface area (Å²) in [5.41, 5.74) is 7.37. The number of aromatic nitrogens is 5. The number of aryl methyl sites for hydroxylation is 1. The van der Waals surface area contributed by atoms with Crippen LogP contribution >= 0.6 is 0 Å². The van der Waals surface area contributed by atoms with E-state index >= 15 is 4.39 Å². The third-order valence-corrected chi connectivity index (χ3v) is 9.03. The van der Waals surface area contributed by atoms with E-state index in [0.29, 0.717) is 11.1 Å². The number of benzene rings is 5. The zero-order chi connectivity index (χ0) is 30.8. The summed E-state index contributed by atoms with van der Waals surface area (Å²) in [5, 5.41) is 4.45. The zero-order valence-electron chi connectivity index (χ0n) is 25.0. The monoisotopic (exact) mass is 597 g/mol. The highest BCUT2D eigenvalue weighted by molar-refractivity contribution is 6.26. The van der Waals surface area contributed by atoms with Crippen LogP contribution in [-0.2, 0) is 7.05 Å². The molecule has 0 saturated carbocycles. The molecule has 9 rings (SSSR count). The Morgan fingerprint density at radius 3 is 2.22 bits per heavy atom. The number of halogens is 1. The average Bonchev–Trinajstić information content (AvgIpc) is 3.79. The van der Waals surface area contributed by atoms with Crippen molar-refractivity contribution >= 4 is 43.6 Å². The van der Waals surface area contributed by atoms with E-state index in [0.717, 1.165) is 66.5 Å². The molecule has 9 aromatic rings. The van der Waals surface area contributed by atoms with E-state index in [1.165, 1.54) is 0 Å².